The number of ether oxygens (including phenoxy) is 1. The standard InChI is InChI=1S/C8H12N2Si.C5H10O2/c1-11(2,3)5-4-8-6-9-10-7-8;1-5(2,3)7-4-6/h6-7H,1-3H3,(H,9,10);4H,1-3H3. The zero-order valence-corrected chi connectivity index (χ0v) is 13.0. The van der Waals surface area contributed by atoms with Gasteiger partial charge in [0.05, 0.1) is 11.8 Å². The average molecular weight is 266 g/mol. The molecule has 1 rings (SSSR count). The molecule has 0 aromatic carbocycles. The lowest BCUT2D eigenvalue weighted by Crippen LogP contribution is -2.17. The molecule has 0 amide bonds. The van der Waals surface area contributed by atoms with E-state index < -0.39 is 8.07 Å². The van der Waals surface area contributed by atoms with E-state index in [-0.39, 0.29) is 5.60 Å². The minimum Gasteiger partial charge on any atom is -0.462 e. The van der Waals surface area contributed by atoms with Gasteiger partial charge in [-0.1, -0.05) is 25.6 Å². The Morgan fingerprint density at radius 1 is 1.39 bits per heavy atom. The highest BCUT2D eigenvalue weighted by molar-refractivity contribution is 6.83. The van der Waals surface area contributed by atoms with E-state index in [2.05, 4.69) is 46.0 Å². The molecule has 0 aliphatic rings. The van der Waals surface area contributed by atoms with Crippen LogP contribution in [0.4, 0.5) is 0 Å². The molecule has 0 saturated carbocycles. The smallest absolute Gasteiger partial charge is 0.293 e. The molecule has 0 radical (unpaired) electrons. The summed E-state index contributed by atoms with van der Waals surface area (Å²) in [4.78, 5) is 9.60. The van der Waals surface area contributed by atoms with Gasteiger partial charge in [0, 0.05) is 6.20 Å². The van der Waals surface area contributed by atoms with Gasteiger partial charge in [0.25, 0.3) is 6.47 Å². The third-order valence-corrected chi connectivity index (χ3v) is 2.36. The molecule has 1 heterocycles. The Bertz CT molecular complexity index is 403. The predicted octanol–water partition coefficient (Wildman–Crippen LogP) is 2.60. The summed E-state index contributed by atoms with van der Waals surface area (Å²) in [5.41, 5.74) is 3.91. The number of carbonyl (C=O) groups is 1. The minimum absolute atomic E-state index is 0.318. The van der Waals surface area contributed by atoms with Gasteiger partial charge in [-0.2, -0.15) is 5.10 Å². The SMILES string of the molecule is CC(C)(C)OC=O.C[Si](C)(C)C#Cc1cn[nH]c1. The predicted molar refractivity (Wildman–Crippen MR) is 75.7 cm³/mol. The quantitative estimate of drug-likeness (QED) is 0.483. The van der Waals surface area contributed by atoms with Gasteiger partial charge in [-0.25, -0.2) is 0 Å². The molecular weight excluding hydrogens is 244 g/mol. The number of aromatic nitrogens is 2. The second-order valence-corrected chi connectivity index (χ2v) is 10.6. The molecule has 0 aliphatic heterocycles. The van der Waals surface area contributed by atoms with Crippen molar-refractivity contribution in [2.45, 2.75) is 46.0 Å². The molecule has 0 unspecified atom stereocenters. The lowest BCUT2D eigenvalue weighted by Gasteiger charge is -2.14. The van der Waals surface area contributed by atoms with Crippen molar-refractivity contribution in [1.29, 1.82) is 0 Å². The molecule has 4 nitrogen and oxygen atoms in total. The zero-order chi connectivity index (χ0) is 14.2. The number of H-pyrrole nitrogens is 1. The highest BCUT2D eigenvalue weighted by Gasteiger charge is 2.07. The second kappa shape index (κ2) is 7.02. The van der Waals surface area contributed by atoms with Crippen LogP contribution >= 0.6 is 0 Å². The maximum absolute atomic E-state index is 9.60. The first-order valence-electron chi connectivity index (χ1n) is 5.77. The van der Waals surface area contributed by atoms with Crippen molar-refractivity contribution in [1.82, 2.24) is 10.2 Å². The first-order valence-corrected chi connectivity index (χ1v) is 9.27. The summed E-state index contributed by atoms with van der Waals surface area (Å²) in [6.07, 6.45) is 3.56. The summed E-state index contributed by atoms with van der Waals surface area (Å²) in [7, 11) is -1.22. The minimum atomic E-state index is -1.22. The van der Waals surface area contributed by atoms with Crippen LogP contribution in [0.3, 0.4) is 0 Å². The fourth-order valence-electron chi connectivity index (χ4n) is 0.723. The first-order chi connectivity index (χ1) is 8.14. The van der Waals surface area contributed by atoms with Crippen LogP contribution in [0, 0.1) is 11.5 Å². The average Bonchev–Trinajstić information content (AvgIpc) is 2.64. The number of aromatic amines is 1. The lowest BCUT2D eigenvalue weighted by molar-refractivity contribution is -0.138. The van der Waals surface area contributed by atoms with Gasteiger partial charge < -0.3 is 4.74 Å². The van der Waals surface area contributed by atoms with Crippen LogP contribution < -0.4 is 0 Å². The van der Waals surface area contributed by atoms with Crippen molar-refractivity contribution in [3.8, 4) is 11.5 Å². The summed E-state index contributed by atoms with van der Waals surface area (Å²) in [6.45, 7) is 12.6. The summed E-state index contributed by atoms with van der Waals surface area (Å²) in [5, 5.41) is 6.54. The molecule has 1 N–H and O–H groups in total. The van der Waals surface area contributed by atoms with E-state index >= 15 is 0 Å². The van der Waals surface area contributed by atoms with E-state index in [4.69, 9.17) is 0 Å². The van der Waals surface area contributed by atoms with Crippen molar-refractivity contribution in [3.05, 3.63) is 18.0 Å². The van der Waals surface area contributed by atoms with Crippen molar-refractivity contribution in [2.75, 3.05) is 0 Å². The van der Waals surface area contributed by atoms with Gasteiger partial charge in [0.2, 0.25) is 0 Å². The van der Waals surface area contributed by atoms with Gasteiger partial charge in [0.15, 0.2) is 0 Å². The van der Waals surface area contributed by atoms with Crippen LogP contribution in [-0.2, 0) is 9.53 Å². The van der Waals surface area contributed by atoms with Gasteiger partial charge in [-0.15, -0.1) is 5.54 Å². The molecule has 0 spiro atoms. The molecule has 1 aromatic heterocycles. The van der Waals surface area contributed by atoms with Crippen molar-refractivity contribution in [2.24, 2.45) is 0 Å². The van der Waals surface area contributed by atoms with E-state index in [0.717, 1.165) is 5.56 Å². The van der Waals surface area contributed by atoms with E-state index in [1.807, 2.05) is 27.0 Å². The van der Waals surface area contributed by atoms with Crippen LogP contribution in [0.5, 0.6) is 0 Å². The highest BCUT2D eigenvalue weighted by atomic mass is 28.3. The summed E-state index contributed by atoms with van der Waals surface area (Å²) in [6, 6.07) is 0. The van der Waals surface area contributed by atoms with Gasteiger partial charge in [-0.3, -0.25) is 9.89 Å². The Kier molecular flexibility index (Phi) is 6.42. The second-order valence-electron chi connectivity index (χ2n) is 5.81. The fourth-order valence-corrected chi connectivity index (χ4v) is 1.24. The number of carbonyl (C=O) groups excluding carboxylic acids is 1. The highest BCUT2D eigenvalue weighted by Crippen LogP contribution is 2.02. The summed E-state index contributed by atoms with van der Waals surface area (Å²) in [5.74, 6) is 3.08. The Morgan fingerprint density at radius 3 is 2.28 bits per heavy atom. The zero-order valence-electron chi connectivity index (χ0n) is 12.0. The maximum Gasteiger partial charge on any atom is 0.293 e. The van der Waals surface area contributed by atoms with Crippen molar-refractivity contribution < 1.29 is 9.53 Å². The van der Waals surface area contributed by atoms with E-state index in [1.165, 1.54) is 0 Å². The number of nitrogens with one attached hydrogen (secondary N) is 1. The van der Waals surface area contributed by atoms with Crippen LogP contribution in [0.1, 0.15) is 26.3 Å². The van der Waals surface area contributed by atoms with Crippen LogP contribution in [-0.4, -0.2) is 30.3 Å². The van der Waals surface area contributed by atoms with E-state index in [9.17, 15) is 4.79 Å². The van der Waals surface area contributed by atoms with E-state index in [0.29, 0.717) is 6.47 Å². The number of rotatable bonds is 1. The van der Waals surface area contributed by atoms with Crippen LogP contribution in [0.25, 0.3) is 0 Å². The monoisotopic (exact) mass is 266 g/mol. The van der Waals surface area contributed by atoms with Gasteiger partial charge in [-0.05, 0) is 20.8 Å². The molecular formula is C13H22N2O2Si. The van der Waals surface area contributed by atoms with Gasteiger partial charge >= 0.3 is 0 Å². The van der Waals surface area contributed by atoms with Crippen LogP contribution in [0.15, 0.2) is 12.4 Å². The maximum atomic E-state index is 9.60. The lowest BCUT2D eigenvalue weighted by atomic mass is 10.2. The molecule has 0 fully saturated rings. The Balaban J connectivity index is 0.000000360. The molecule has 100 valence electrons. The Morgan fingerprint density at radius 2 is 2.00 bits per heavy atom. The third kappa shape index (κ3) is 11.0. The molecule has 5 heteroatoms. The van der Waals surface area contributed by atoms with Crippen LogP contribution in [0.2, 0.25) is 19.6 Å². The van der Waals surface area contributed by atoms with Crippen molar-refractivity contribution >= 4 is 14.5 Å². The third-order valence-electron chi connectivity index (χ3n) is 1.48. The van der Waals surface area contributed by atoms with E-state index in [1.54, 1.807) is 6.20 Å². The molecule has 0 aliphatic carbocycles. The molecule has 0 bridgehead atoms. The number of hydrogen-bond acceptors (Lipinski definition) is 3. The van der Waals surface area contributed by atoms with Crippen molar-refractivity contribution in [3.63, 3.8) is 0 Å². The fraction of sp³-hybridized carbons (Fsp3) is 0.538. The summed E-state index contributed by atoms with van der Waals surface area (Å²) < 4.78 is 4.55. The number of nitrogens with zero attached hydrogens (tertiary/aromatic N) is 1. The largest absolute Gasteiger partial charge is 0.462 e. The molecule has 18 heavy (non-hydrogen) atoms. The first kappa shape index (κ1) is 16.5. The van der Waals surface area contributed by atoms with Gasteiger partial charge in [0.1, 0.15) is 13.7 Å². The molecule has 1 aromatic rings. The molecule has 0 saturated heterocycles. The Labute approximate surface area is 110 Å². The normalized spacial score (nSPS) is 10.6. The summed E-state index contributed by atoms with van der Waals surface area (Å²) >= 11 is 0. The Hall–Kier alpha value is -1.54. The number of hydrogen-bond donors (Lipinski definition) is 1. The molecule has 0 atom stereocenters. The topological polar surface area (TPSA) is 55.0 Å².